The second kappa shape index (κ2) is 11.7. The number of rotatable bonds is 10. The number of carbonyl (C=O) groups is 3. The van der Waals surface area contributed by atoms with Crippen molar-refractivity contribution in [1.82, 2.24) is 5.32 Å². The number of carbonyl (C=O) groups excluding carboxylic acids is 3. The molecule has 7 heteroatoms. The highest BCUT2D eigenvalue weighted by Gasteiger charge is 2.26. The molecule has 2 amide bonds. The largest absolute Gasteiger partial charge is 0.485 e. The molecule has 3 aromatic carbocycles. The van der Waals surface area contributed by atoms with Crippen LogP contribution in [0.15, 0.2) is 66.7 Å². The molecule has 4 rings (SSSR count). The van der Waals surface area contributed by atoms with Gasteiger partial charge in [-0.3, -0.25) is 14.4 Å². The molecular formula is C30H32N2O5. The number of amides is 2. The molecule has 0 saturated carbocycles. The summed E-state index contributed by atoms with van der Waals surface area (Å²) in [5, 5.41) is 3.00. The van der Waals surface area contributed by atoms with Gasteiger partial charge in [0.1, 0.15) is 11.5 Å². The van der Waals surface area contributed by atoms with Crippen molar-refractivity contribution >= 4 is 23.3 Å². The zero-order valence-corrected chi connectivity index (χ0v) is 21.5. The Kier molecular flexibility index (Phi) is 8.23. The highest BCUT2D eigenvalue weighted by Crippen LogP contribution is 2.33. The molecule has 1 aliphatic heterocycles. The minimum atomic E-state index is -0.207. The third-order valence-electron chi connectivity index (χ3n) is 6.53. The van der Waals surface area contributed by atoms with E-state index in [2.05, 4.69) is 5.32 Å². The molecule has 0 aromatic heterocycles. The minimum absolute atomic E-state index is 0.0760. The number of hydrogen-bond donors (Lipinski definition) is 1. The summed E-state index contributed by atoms with van der Waals surface area (Å²) in [5.74, 6) is 0.683. The van der Waals surface area contributed by atoms with E-state index in [1.165, 1.54) is 0 Å². The number of fused-ring (bicyclic) bond motifs is 1. The van der Waals surface area contributed by atoms with Crippen LogP contribution >= 0.6 is 0 Å². The van der Waals surface area contributed by atoms with Crippen molar-refractivity contribution in [3.05, 3.63) is 89.0 Å². The molecule has 7 nitrogen and oxygen atoms in total. The predicted octanol–water partition coefficient (Wildman–Crippen LogP) is 4.95. The fourth-order valence-electron chi connectivity index (χ4n) is 4.19. The summed E-state index contributed by atoms with van der Waals surface area (Å²) in [5.41, 5.74) is 4.24. The molecule has 0 fully saturated rings. The number of hydrogen-bond acceptors (Lipinski definition) is 5. The standard InChI is InChI=1S/C30H32N2O5/c1-20-11-13-25(16-21(20)2)36-18-27(33)24-12-14-28-26(17-24)32(30(35)19-37-28)15-7-10-29(34)31-22(3)23-8-5-4-6-9-23/h4-6,8-9,11-14,16-17,22H,7,10,15,18-19H2,1-3H3,(H,31,34). The monoisotopic (exact) mass is 500 g/mol. The van der Waals surface area contributed by atoms with E-state index in [1.54, 1.807) is 23.1 Å². The van der Waals surface area contributed by atoms with Gasteiger partial charge in [-0.25, -0.2) is 0 Å². The Morgan fingerprint density at radius 2 is 1.81 bits per heavy atom. The molecule has 0 saturated heterocycles. The van der Waals surface area contributed by atoms with Crippen LogP contribution in [0, 0.1) is 13.8 Å². The Labute approximate surface area is 217 Å². The molecule has 1 unspecified atom stereocenters. The van der Waals surface area contributed by atoms with E-state index in [-0.39, 0.29) is 43.3 Å². The Bertz CT molecular complexity index is 1290. The van der Waals surface area contributed by atoms with Gasteiger partial charge in [0.2, 0.25) is 5.91 Å². The van der Waals surface area contributed by atoms with Crippen LogP contribution in [0.1, 0.15) is 52.9 Å². The zero-order valence-electron chi connectivity index (χ0n) is 21.5. The summed E-state index contributed by atoms with van der Waals surface area (Å²) in [7, 11) is 0. The van der Waals surface area contributed by atoms with Crippen molar-refractivity contribution in [2.24, 2.45) is 0 Å². The van der Waals surface area contributed by atoms with E-state index in [0.29, 0.717) is 35.7 Å². The van der Waals surface area contributed by atoms with E-state index < -0.39 is 0 Å². The summed E-state index contributed by atoms with van der Waals surface area (Å²) in [6, 6.07) is 20.4. The van der Waals surface area contributed by atoms with Gasteiger partial charge in [-0.2, -0.15) is 0 Å². The molecule has 1 N–H and O–H groups in total. The second-order valence-corrected chi connectivity index (χ2v) is 9.28. The zero-order chi connectivity index (χ0) is 26.4. The summed E-state index contributed by atoms with van der Waals surface area (Å²) in [6.07, 6.45) is 0.756. The van der Waals surface area contributed by atoms with E-state index >= 15 is 0 Å². The molecule has 1 aliphatic rings. The summed E-state index contributed by atoms with van der Waals surface area (Å²) in [6.45, 7) is 6.11. The first kappa shape index (κ1) is 25.9. The number of nitrogens with one attached hydrogen (secondary N) is 1. The highest BCUT2D eigenvalue weighted by molar-refractivity contribution is 6.02. The number of ketones is 1. The molecule has 1 heterocycles. The van der Waals surface area contributed by atoms with Gasteiger partial charge in [0.05, 0.1) is 11.7 Å². The Morgan fingerprint density at radius 3 is 2.57 bits per heavy atom. The van der Waals surface area contributed by atoms with Gasteiger partial charge < -0.3 is 19.7 Å². The van der Waals surface area contributed by atoms with Gasteiger partial charge >= 0.3 is 0 Å². The number of anilines is 1. The lowest BCUT2D eigenvalue weighted by Crippen LogP contribution is -2.40. The first-order valence-electron chi connectivity index (χ1n) is 12.5. The molecule has 192 valence electrons. The average molecular weight is 501 g/mol. The Balaban J connectivity index is 1.36. The molecule has 0 spiro atoms. The minimum Gasteiger partial charge on any atom is -0.485 e. The van der Waals surface area contributed by atoms with Gasteiger partial charge in [0, 0.05) is 18.5 Å². The van der Waals surface area contributed by atoms with Gasteiger partial charge in [0.25, 0.3) is 5.91 Å². The smallest absolute Gasteiger partial charge is 0.265 e. The number of aryl methyl sites for hydroxylation is 2. The van der Waals surface area contributed by atoms with Crippen LogP contribution in [0.5, 0.6) is 11.5 Å². The maximum absolute atomic E-state index is 12.8. The second-order valence-electron chi connectivity index (χ2n) is 9.28. The van der Waals surface area contributed by atoms with E-state index in [1.807, 2.05) is 69.3 Å². The van der Waals surface area contributed by atoms with Gasteiger partial charge in [-0.05, 0) is 74.2 Å². The van der Waals surface area contributed by atoms with Crippen LogP contribution in [0.3, 0.4) is 0 Å². The van der Waals surface area contributed by atoms with Crippen molar-refractivity contribution in [3.8, 4) is 11.5 Å². The van der Waals surface area contributed by atoms with Crippen LogP contribution < -0.4 is 19.7 Å². The first-order valence-corrected chi connectivity index (χ1v) is 12.5. The van der Waals surface area contributed by atoms with E-state index in [0.717, 1.165) is 16.7 Å². The highest BCUT2D eigenvalue weighted by atomic mass is 16.5. The quantitative estimate of drug-likeness (QED) is 0.398. The summed E-state index contributed by atoms with van der Waals surface area (Å²) < 4.78 is 11.3. The first-order chi connectivity index (χ1) is 17.8. The van der Waals surface area contributed by atoms with Gasteiger partial charge in [-0.1, -0.05) is 36.4 Å². The van der Waals surface area contributed by atoms with Crippen molar-refractivity contribution in [1.29, 1.82) is 0 Å². The molecule has 0 radical (unpaired) electrons. The fraction of sp³-hybridized carbons (Fsp3) is 0.300. The lowest BCUT2D eigenvalue weighted by molar-refractivity contribution is -0.123. The number of Topliss-reactive ketones (excluding diaryl/α,β-unsaturated/α-hetero) is 1. The van der Waals surface area contributed by atoms with Gasteiger partial charge in [-0.15, -0.1) is 0 Å². The molecule has 1 atom stereocenters. The van der Waals surface area contributed by atoms with Crippen molar-refractivity contribution < 1.29 is 23.9 Å². The molecule has 0 bridgehead atoms. The van der Waals surface area contributed by atoms with Crippen LogP contribution in [0.4, 0.5) is 5.69 Å². The third-order valence-corrected chi connectivity index (χ3v) is 6.53. The summed E-state index contributed by atoms with van der Waals surface area (Å²) >= 11 is 0. The fourth-order valence-corrected chi connectivity index (χ4v) is 4.19. The SMILES string of the molecule is Cc1ccc(OCC(=O)c2ccc3c(c2)N(CCCC(=O)NC(C)c2ccccc2)C(=O)CO3)cc1C. The normalized spacial score (nSPS) is 13.4. The maximum atomic E-state index is 12.8. The van der Waals surface area contributed by atoms with Crippen molar-refractivity contribution in [2.45, 2.75) is 39.7 Å². The predicted molar refractivity (Wildman–Crippen MR) is 142 cm³/mol. The number of benzene rings is 3. The number of ether oxygens (including phenoxy) is 2. The van der Waals surface area contributed by atoms with Crippen molar-refractivity contribution in [2.75, 3.05) is 24.7 Å². The molecule has 3 aromatic rings. The Morgan fingerprint density at radius 1 is 1.03 bits per heavy atom. The lowest BCUT2D eigenvalue weighted by atomic mass is 10.1. The van der Waals surface area contributed by atoms with Crippen LogP contribution in [0.25, 0.3) is 0 Å². The lowest BCUT2D eigenvalue weighted by Gasteiger charge is -2.29. The van der Waals surface area contributed by atoms with Crippen molar-refractivity contribution in [3.63, 3.8) is 0 Å². The topological polar surface area (TPSA) is 84.9 Å². The number of nitrogens with zero attached hydrogens (tertiary/aromatic N) is 1. The third kappa shape index (κ3) is 6.55. The van der Waals surface area contributed by atoms with E-state index in [4.69, 9.17) is 9.47 Å². The van der Waals surface area contributed by atoms with Crippen LogP contribution in [0.2, 0.25) is 0 Å². The van der Waals surface area contributed by atoms with Crippen LogP contribution in [-0.2, 0) is 9.59 Å². The molecule has 0 aliphatic carbocycles. The van der Waals surface area contributed by atoms with Crippen LogP contribution in [-0.4, -0.2) is 37.4 Å². The maximum Gasteiger partial charge on any atom is 0.265 e. The average Bonchev–Trinajstić information content (AvgIpc) is 2.90. The molecule has 37 heavy (non-hydrogen) atoms. The molecular weight excluding hydrogens is 468 g/mol. The summed E-state index contributed by atoms with van der Waals surface area (Å²) in [4.78, 5) is 39.5. The van der Waals surface area contributed by atoms with Gasteiger partial charge in [0.15, 0.2) is 19.0 Å². The van der Waals surface area contributed by atoms with E-state index in [9.17, 15) is 14.4 Å². The Hall–Kier alpha value is -4.13.